The third-order valence-corrected chi connectivity index (χ3v) is 2.88. The Morgan fingerprint density at radius 3 is 2.63 bits per heavy atom. The van der Waals surface area contributed by atoms with E-state index in [1.54, 1.807) is 0 Å². The van der Waals surface area contributed by atoms with Crippen molar-refractivity contribution in [3.05, 3.63) is 32.3 Å². The predicted octanol–water partition coefficient (Wildman–Crippen LogP) is 2.67. The van der Waals surface area contributed by atoms with Gasteiger partial charge in [0.15, 0.2) is 0 Å². The van der Waals surface area contributed by atoms with Crippen molar-refractivity contribution in [2.45, 2.75) is 13.0 Å². The molecule has 104 valence electrons. The third-order valence-electron chi connectivity index (χ3n) is 2.13. The molecule has 1 rings (SSSR count). The highest BCUT2D eigenvalue weighted by atomic mass is 79.9. The van der Waals surface area contributed by atoms with Gasteiger partial charge in [-0.2, -0.15) is 8.78 Å². The zero-order valence-corrected chi connectivity index (χ0v) is 11.1. The van der Waals surface area contributed by atoms with Crippen LogP contribution in [-0.4, -0.2) is 24.6 Å². The lowest BCUT2D eigenvalue weighted by molar-refractivity contribution is -0.386. The smallest absolute Gasteiger partial charge is 0.387 e. The van der Waals surface area contributed by atoms with Gasteiger partial charge in [0.05, 0.1) is 18.5 Å². The topological polar surface area (TPSA) is 78.7 Å². The van der Waals surface area contributed by atoms with Crippen molar-refractivity contribution in [3.63, 3.8) is 0 Å². The van der Waals surface area contributed by atoms with Crippen LogP contribution in [0.25, 0.3) is 0 Å². The van der Waals surface area contributed by atoms with E-state index in [4.69, 9.17) is 0 Å². The molecule has 1 aromatic carbocycles. The molecule has 0 N–H and O–H groups in total. The molecule has 1 aromatic rings. The van der Waals surface area contributed by atoms with Crippen LogP contribution < -0.4 is 4.74 Å². The van der Waals surface area contributed by atoms with Crippen LogP contribution in [0.15, 0.2) is 16.6 Å². The maximum absolute atomic E-state index is 12.3. The first-order chi connectivity index (χ1) is 8.86. The molecule has 9 heteroatoms. The Labute approximate surface area is 114 Å². The van der Waals surface area contributed by atoms with Gasteiger partial charge in [0, 0.05) is 16.1 Å². The van der Waals surface area contributed by atoms with E-state index in [0.717, 1.165) is 13.2 Å². The van der Waals surface area contributed by atoms with Gasteiger partial charge in [0.25, 0.3) is 0 Å². The summed E-state index contributed by atoms with van der Waals surface area (Å²) < 4.78 is 33.4. The van der Waals surface area contributed by atoms with E-state index in [-0.39, 0.29) is 10.0 Å². The van der Waals surface area contributed by atoms with Gasteiger partial charge in [-0.25, -0.2) is 0 Å². The van der Waals surface area contributed by atoms with Crippen LogP contribution in [0, 0.1) is 10.1 Å². The Hall–Kier alpha value is -1.77. The van der Waals surface area contributed by atoms with Crippen molar-refractivity contribution >= 4 is 27.6 Å². The van der Waals surface area contributed by atoms with Gasteiger partial charge in [-0.3, -0.25) is 14.9 Å². The van der Waals surface area contributed by atoms with E-state index in [0.29, 0.717) is 0 Å². The first-order valence-corrected chi connectivity index (χ1v) is 5.63. The summed E-state index contributed by atoms with van der Waals surface area (Å²) in [6.45, 7) is -3.25. The maximum atomic E-state index is 12.3. The lowest BCUT2D eigenvalue weighted by Crippen LogP contribution is -2.11. The molecule has 0 atom stereocenters. The molecule has 0 aliphatic rings. The fourth-order valence-electron chi connectivity index (χ4n) is 1.34. The number of alkyl halides is 2. The molecule has 0 aliphatic heterocycles. The molecular weight excluding hydrogens is 332 g/mol. The summed E-state index contributed by atoms with van der Waals surface area (Å²) in [6.07, 6.45) is -0.430. The number of halogens is 3. The molecule has 0 aliphatic carbocycles. The summed E-state index contributed by atoms with van der Waals surface area (Å²) in [5, 5.41) is 10.8. The van der Waals surface area contributed by atoms with E-state index in [1.807, 2.05) is 0 Å². The van der Waals surface area contributed by atoms with E-state index in [9.17, 15) is 23.7 Å². The number of methoxy groups -OCH3 is 1. The minimum Gasteiger partial charge on any atom is -0.469 e. The van der Waals surface area contributed by atoms with Crippen LogP contribution in [0.2, 0.25) is 0 Å². The minimum absolute atomic E-state index is 0.0682. The number of carbonyl (C=O) groups is 1. The number of benzene rings is 1. The Morgan fingerprint density at radius 1 is 1.53 bits per heavy atom. The van der Waals surface area contributed by atoms with Crippen molar-refractivity contribution in [2.75, 3.05) is 7.11 Å². The number of ether oxygens (including phenoxy) is 2. The lowest BCUT2D eigenvalue weighted by Gasteiger charge is -2.12. The molecule has 0 saturated carbocycles. The molecule has 6 nitrogen and oxygen atoms in total. The van der Waals surface area contributed by atoms with Crippen LogP contribution in [0.4, 0.5) is 14.5 Å². The number of carbonyl (C=O) groups excluding carboxylic acids is 1. The minimum atomic E-state index is -3.25. The molecule has 0 amide bonds. The summed E-state index contributed by atoms with van der Waals surface area (Å²) in [6, 6.07) is 2.28. The van der Waals surface area contributed by atoms with E-state index in [2.05, 4.69) is 25.4 Å². The van der Waals surface area contributed by atoms with Gasteiger partial charge in [0.1, 0.15) is 0 Å². The highest BCUT2D eigenvalue weighted by Gasteiger charge is 2.26. The average Bonchev–Trinajstić information content (AvgIpc) is 2.32. The average molecular weight is 340 g/mol. The van der Waals surface area contributed by atoms with E-state index in [1.165, 1.54) is 6.07 Å². The second-order valence-electron chi connectivity index (χ2n) is 3.26. The van der Waals surface area contributed by atoms with Crippen LogP contribution in [0.3, 0.4) is 0 Å². The number of nitro groups is 1. The van der Waals surface area contributed by atoms with E-state index >= 15 is 0 Å². The van der Waals surface area contributed by atoms with Crippen LogP contribution in [0.5, 0.6) is 5.75 Å². The van der Waals surface area contributed by atoms with Crippen molar-refractivity contribution in [2.24, 2.45) is 0 Å². The Bertz CT molecular complexity index is 509. The highest BCUT2D eigenvalue weighted by molar-refractivity contribution is 9.10. The summed E-state index contributed by atoms with van der Waals surface area (Å²) >= 11 is 3.02. The lowest BCUT2D eigenvalue weighted by atomic mass is 10.1. The quantitative estimate of drug-likeness (QED) is 0.468. The maximum Gasteiger partial charge on any atom is 0.387 e. The van der Waals surface area contributed by atoms with Crippen molar-refractivity contribution in [1.29, 1.82) is 0 Å². The number of hydrogen-bond donors (Lipinski definition) is 0. The molecule has 0 saturated heterocycles. The fourth-order valence-corrected chi connectivity index (χ4v) is 1.79. The van der Waals surface area contributed by atoms with Gasteiger partial charge >= 0.3 is 18.3 Å². The van der Waals surface area contributed by atoms with Crippen LogP contribution in [0.1, 0.15) is 5.56 Å². The van der Waals surface area contributed by atoms with E-state index < -0.39 is 35.4 Å². The zero-order chi connectivity index (χ0) is 14.6. The van der Waals surface area contributed by atoms with Crippen LogP contribution in [-0.2, 0) is 16.0 Å². The van der Waals surface area contributed by atoms with Gasteiger partial charge in [-0.05, 0) is 6.07 Å². The Kier molecular flexibility index (Phi) is 5.16. The van der Waals surface area contributed by atoms with Crippen LogP contribution >= 0.6 is 15.9 Å². The molecule has 0 heterocycles. The predicted molar refractivity (Wildman–Crippen MR) is 63.1 cm³/mol. The molecule has 0 spiro atoms. The normalized spacial score (nSPS) is 10.4. The zero-order valence-electron chi connectivity index (χ0n) is 9.56. The number of nitro benzene ring substituents is 1. The molecule has 0 fully saturated rings. The first-order valence-electron chi connectivity index (χ1n) is 4.84. The third kappa shape index (κ3) is 3.85. The molecule has 0 bridgehead atoms. The van der Waals surface area contributed by atoms with Crippen molar-refractivity contribution in [3.8, 4) is 5.75 Å². The standard InChI is InChI=1S/C10H8BrF2NO5/c1-18-8(15)4-5-6(11)2-3-7(14(16)17)9(5)19-10(12)13/h2-3,10H,4H2,1H3. The molecule has 0 radical (unpaired) electrons. The fraction of sp³-hybridized carbons (Fsp3) is 0.300. The molecule has 0 aromatic heterocycles. The van der Waals surface area contributed by atoms with Crippen molar-refractivity contribution in [1.82, 2.24) is 0 Å². The molecule has 0 unspecified atom stereocenters. The number of rotatable bonds is 5. The highest BCUT2D eigenvalue weighted by Crippen LogP contribution is 2.37. The molecular formula is C10H8BrF2NO5. The number of esters is 1. The summed E-state index contributed by atoms with van der Waals surface area (Å²) in [5.41, 5.74) is -0.719. The van der Waals surface area contributed by atoms with Crippen molar-refractivity contribution < 1.29 is 28.0 Å². The largest absolute Gasteiger partial charge is 0.469 e. The van der Waals surface area contributed by atoms with Gasteiger partial charge in [-0.15, -0.1) is 0 Å². The Morgan fingerprint density at radius 2 is 2.16 bits per heavy atom. The number of nitrogens with zero attached hydrogens (tertiary/aromatic N) is 1. The number of hydrogen-bond acceptors (Lipinski definition) is 5. The first kappa shape index (κ1) is 15.3. The second kappa shape index (κ2) is 6.41. The Balaban J connectivity index is 3.35. The molecule has 19 heavy (non-hydrogen) atoms. The monoisotopic (exact) mass is 339 g/mol. The summed E-state index contributed by atoms with van der Waals surface area (Å²) in [7, 11) is 1.11. The second-order valence-corrected chi connectivity index (χ2v) is 4.12. The SMILES string of the molecule is COC(=O)Cc1c(Br)ccc([N+](=O)[O-])c1OC(F)F. The van der Waals surface area contributed by atoms with Gasteiger partial charge in [-0.1, -0.05) is 15.9 Å². The summed E-state index contributed by atoms with van der Waals surface area (Å²) in [4.78, 5) is 21.1. The summed E-state index contributed by atoms with van der Waals surface area (Å²) in [5.74, 6) is -1.39. The van der Waals surface area contributed by atoms with Gasteiger partial charge < -0.3 is 9.47 Å². The van der Waals surface area contributed by atoms with Gasteiger partial charge in [0.2, 0.25) is 5.75 Å².